The molecular formula is C30H46O7. The number of carbonyl (C=O) groups excluding carboxylic acids is 1. The van der Waals surface area contributed by atoms with Crippen LogP contribution in [-0.4, -0.2) is 71.6 Å². The summed E-state index contributed by atoms with van der Waals surface area (Å²) in [6.45, 7) is 9.17. The Bertz CT molecular complexity index is 823. The van der Waals surface area contributed by atoms with Crippen molar-refractivity contribution in [3.05, 3.63) is 36.5 Å². The first-order valence-electron chi connectivity index (χ1n) is 14.3. The molecule has 2 bridgehead atoms. The van der Waals surface area contributed by atoms with Crippen molar-refractivity contribution in [3.8, 4) is 0 Å². The van der Waals surface area contributed by atoms with Crippen LogP contribution in [0.5, 0.6) is 0 Å². The van der Waals surface area contributed by atoms with E-state index in [0.717, 1.165) is 32.1 Å². The average Bonchev–Trinajstić information content (AvgIpc) is 3.61. The van der Waals surface area contributed by atoms with E-state index in [1.165, 1.54) is 11.6 Å². The first-order valence-corrected chi connectivity index (χ1v) is 14.3. The van der Waals surface area contributed by atoms with Crippen LogP contribution in [0, 0.1) is 11.8 Å². The molecule has 208 valence electrons. The molecule has 1 unspecified atom stereocenters. The molecule has 4 rings (SSSR count). The highest BCUT2D eigenvalue weighted by Crippen LogP contribution is 2.35. The molecular weight excluding hydrogens is 472 g/mol. The van der Waals surface area contributed by atoms with Crippen LogP contribution < -0.4 is 0 Å². The van der Waals surface area contributed by atoms with Crippen molar-refractivity contribution in [3.63, 3.8) is 0 Å². The van der Waals surface area contributed by atoms with E-state index in [2.05, 4.69) is 32.6 Å². The number of fused-ring (bicyclic) bond motifs is 3. The smallest absolute Gasteiger partial charge is 0.330 e. The maximum Gasteiger partial charge on any atom is 0.330 e. The summed E-state index contributed by atoms with van der Waals surface area (Å²) in [4.78, 5) is 12.7. The first kappa shape index (κ1) is 28.5. The van der Waals surface area contributed by atoms with Crippen LogP contribution in [0.4, 0.5) is 0 Å². The highest BCUT2D eigenvalue weighted by atomic mass is 16.6. The van der Waals surface area contributed by atoms with Gasteiger partial charge in [-0.25, -0.2) is 4.79 Å². The van der Waals surface area contributed by atoms with Crippen molar-refractivity contribution in [1.29, 1.82) is 0 Å². The standard InChI is InChI=1S/C30H46O7/c1-19-12-13-34-23(15-19)10-11-25(31)27-18-28-30(37-28)26(32)17-21(3)14-20(2)16-24-8-4-6-22(35-24)7-5-9-29(33)36-27/h4-6,9,20-28,30-32H,1,7-8,10-18H2,2-3H3/b9-5-/t20-,21?,22-,23+,24-,25-,26-,27-,28-,30-/m0/s1. The normalized spacial score (nSPS) is 41.6. The molecule has 37 heavy (non-hydrogen) atoms. The Morgan fingerprint density at radius 2 is 1.89 bits per heavy atom. The van der Waals surface area contributed by atoms with Gasteiger partial charge >= 0.3 is 5.97 Å². The Balaban J connectivity index is 1.40. The minimum Gasteiger partial charge on any atom is -0.456 e. The third kappa shape index (κ3) is 9.03. The van der Waals surface area contributed by atoms with Crippen molar-refractivity contribution in [2.75, 3.05) is 6.61 Å². The summed E-state index contributed by atoms with van der Waals surface area (Å²) in [6, 6.07) is 0. The first-order chi connectivity index (χ1) is 17.8. The van der Waals surface area contributed by atoms with Gasteiger partial charge in [0.25, 0.3) is 0 Å². The van der Waals surface area contributed by atoms with Crippen molar-refractivity contribution >= 4 is 5.97 Å². The number of rotatable bonds is 4. The number of aliphatic hydroxyl groups excluding tert-OH is 2. The Morgan fingerprint density at radius 3 is 2.70 bits per heavy atom. The lowest BCUT2D eigenvalue weighted by molar-refractivity contribution is -0.150. The Hall–Kier alpha value is -1.51. The monoisotopic (exact) mass is 518 g/mol. The molecule has 7 heteroatoms. The second kappa shape index (κ2) is 13.5. The number of carbonyl (C=O) groups is 1. The quantitative estimate of drug-likeness (QED) is 0.323. The fourth-order valence-corrected chi connectivity index (χ4v) is 6.16. The predicted molar refractivity (Wildman–Crippen MR) is 141 cm³/mol. The minimum absolute atomic E-state index is 0.0358. The number of esters is 1. The number of hydrogen-bond acceptors (Lipinski definition) is 7. The Kier molecular flexibility index (Phi) is 10.4. The SMILES string of the molecule is C=C1CCO[C@H](CC[C@H](O)[C@@H]2C[C@@H]3O[C@H]3[C@@H](O)CC(C)C[C@H](C)C[C@@H]3CC=C[C@@H](C/C=C\C(=O)O2)O3)C1. The average molecular weight is 519 g/mol. The molecule has 0 radical (unpaired) electrons. The Labute approximate surface area is 221 Å². The van der Waals surface area contributed by atoms with Crippen LogP contribution in [0.3, 0.4) is 0 Å². The van der Waals surface area contributed by atoms with E-state index in [4.69, 9.17) is 18.9 Å². The van der Waals surface area contributed by atoms with Gasteiger partial charge in [0, 0.05) is 12.5 Å². The third-order valence-electron chi connectivity index (χ3n) is 8.13. The molecule has 0 aromatic rings. The molecule has 0 aromatic heterocycles. The van der Waals surface area contributed by atoms with Crippen molar-refractivity contribution in [2.45, 2.75) is 127 Å². The molecule has 0 saturated carbocycles. The van der Waals surface area contributed by atoms with Gasteiger partial charge in [0.2, 0.25) is 0 Å². The minimum atomic E-state index is -0.839. The highest BCUT2D eigenvalue weighted by Gasteiger charge is 2.47. The van der Waals surface area contributed by atoms with Crippen LogP contribution >= 0.6 is 0 Å². The van der Waals surface area contributed by atoms with Gasteiger partial charge in [-0.1, -0.05) is 44.2 Å². The molecule has 2 fully saturated rings. The van der Waals surface area contributed by atoms with Crippen LogP contribution in [0.2, 0.25) is 0 Å². The maximum atomic E-state index is 12.7. The number of hydrogen-bond donors (Lipinski definition) is 2. The molecule has 4 aliphatic heterocycles. The zero-order valence-corrected chi connectivity index (χ0v) is 22.5. The summed E-state index contributed by atoms with van der Waals surface area (Å²) in [5.74, 6) is 0.365. The van der Waals surface area contributed by atoms with E-state index in [1.807, 2.05) is 0 Å². The largest absolute Gasteiger partial charge is 0.456 e. The van der Waals surface area contributed by atoms with E-state index < -0.39 is 24.3 Å². The Morgan fingerprint density at radius 1 is 1.08 bits per heavy atom. The van der Waals surface area contributed by atoms with E-state index >= 15 is 0 Å². The second-order valence-electron chi connectivity index (χ2n) is 11.8. The van der Waals surface area contributed by atoms with E-state index in [-0.39, 0.29) is 30.5 Å². The summed E-state index contributed by atoms with van der Waals surface area (Å²) in [6.07, 6.45) is 12.3. The van der Waals surface area contributed by atoms with Crippen LogP contribution in [0.1, 0.15) is 78.1 Å². The molecule has 4 heterocycles. The molecule has 0 spiro atoms. The lowest BCUT2D eigenvalue weighted by Crippen LogP contribution is -2.34. The van der Waals surface area contributed by atoms with E-state index in [0.29, 0.717) is 50.5 Å². The van der Waals surface area contributed by atoms with Gasteiger partial charge in [-0.2, -0.15) is 0 Å². The molecule has 4 aliphatic rings. The lowest BCUT2D eigenvalue weighted by Gasteiger charge is -2.29. The van der Waals surface area contributed by atoms with Gasteiger partial charge in [-0.05, 0) is 69.6 Å². The van der Waals surface area contributed by atoms with Crippen LogP contribution in [-0.2, 0) is 23.7 Å². The zero-order chi connectivity index (χ0) is 26.4. The summed E-state index contributed by atoms with van der Waals surface area (Å²) in [5, 5.41) is 21.8. The van der Waals surface area contributed by atoms with Crippen molar-refractivity contribution < 1.29 is 34.0 Å². The zero-order valence-electron chi connectivity index (χ0n) is 22.5. The maximum absolute atomic E-state index is 12.7. The highest BCUT2D eigenvalue weighted by molar-refractivity contribution is 5.82. The molecule has 0 amide bonds. The molecule has 2 saturated heterocycles. The second-order valence-corrected chi connectivity index (χ2v) is 11.8. The van der Waals surface area contributed by atoms with Crippen molar-refractivity contribution in [1.82, 2.24) is 0 Å². The van der Waals surface area contributed by atoms with Gasteiger partial charge < -0.3 is 29.2 Å². The number of ether oxygens (including phenoxy) is 4. The summed E-state index contributed by atoms with van der Waals surface area (Å²) >= 11 is 0. The van der Waals surface area contributed by atoms with Crippen LogP contribution in [0.25, 0.3) is 0 Å². The molecule has 0 aliphatic carbocycles. The predicted octanol–water partition coefficient (Wildman–Crippen LogP) is 4.41. The summed E-state index contributed by atoms with van der Waals surface area (Å²) < 4.78 is 23.6. The summed E-state index contributed by atoms with van der Waals surface area (Å²) in [7, 11) is 0. The molecule has 7 nitrogen and oxygen atoms in total. The number of epoxide rings is 1. The fraction of sp³-hybridized carbons (Fsp3) is 0.767. The molecule has 2 N–H and O–H groups in total. The third-order valence-corrected chi connectivity index (χ3v) is 8.13. The molecule has 10 atom stereocenters. The van der Waals surface area contributed by atoms with E-state index in [1.54, 1.807) is 6.08 Å². The molecule has 0 aromatic carbocycles. The van der Waals surface area contributed by atoms with Gasteiger partial charge in [0.05, 0.1) is 43.2 Å². The lowest BCUT2D eigenvalue weighted by atomic mass is 9.87. The van der Waals surface area contributed by atoms with E-state index in [9.17, 15) is 15.0 Å². The van der Waals surface area contributed by atoms with Crippen molar-refractivity contribution in [2.24, 2.45) is 11.8 Å². The van der Waals surface area contributed by atoms with Gasteiger partial charge in [0.15, 0.2) is 0 Å². The fourth-order valence-electron chi connectivity index (χ4n) is 6.16. The van der Waals surface area contributed by atoms with Gasteiger partial charge in [-0.15, -0.1) is 0 Å². The van der Waals surface area contributed by atoms with Gasteiger partial charge in [-0.3, -0.25) is 0 Å². The topological polar surface area (TPSA) is 97.8 Å². The number of aliphatic hydroxyl groups is 2. The van der Waals surface area contributed by atoms with Crippen LogP contribution in [0.15, 0.2) is 36.5 Å². The summed E-state index contributed by atoms with van der Waals surface area (Å²) in [5.41, 5.74) is 1.17. The number of cyclic esters (lactones) is 1. The van der Waals surface area contributed by atoms with Gasteiger partial charge in [0.1, 0.15) is 12.2 Å².